The number of fused-ring (bicyclic) bond motifs is 1. The van der Waals surface area contributed by atoms with E-state index in [1.165, 1.54) is 18.9 Å². The van der Waals surface area contributed by atoms with Crippen molar-refractivity contribution >= 4 is 28.6 Å². The normalized spacial score (nSPS) is 48.6. The van der Waals surface area contributed by atoms with Crippen molar-refractivity contribution in [3.63, 3.8) is 0 Å². The largest absolute Gasteiger partial charge is 0.497 e. The molecule has 1 saturated heterocycles. The minimum atomic E-state index is -0.322. The third-order valence-corrected chi connectivity index (χ3v) is 7.71. The van der Waals surface area contributed by atoms with Gasteiger partial charge in [-0.3, -0.25) is 0 Å². The molecule has 8 atom stereocenters. The minimum absolute atomic E-state index is 0.236. The van der Waals surface area contributed by atoms with Gasteiger partial charge in [0, 0.05) is 9.84 Å². The van der Waals surface area contributed by atoms with E-state index < -0.39 is 0 Å². The van der Waals surface area contributed by atoms with E-state index in [9.17, 15) is 4.79 Å². The van der Waals surface area contributed by atoms with Gasteiger partial charge in [0.25, 0.3) is 0 Å². The second-order valence-corrected chi connectivity index (χ2v) is 8.39. The van der Waals surface area contributed by atoms with Crippen LogP contribution in [0.1, 0.15) is 32.6 Å². The molecule has 4 saturated carbocycles. The zero-order valence-electron chi connectivity index (χ0n) is 12.8. The Morgan fingerprint density at radius 3 is 2.86 bits per heavy atom. The second kappa shape index (κ2) is 5.96. The molecule has 5 rings (SSSR count). The Kier molecular flexibility index (Phi) is 4.13. The van der Waals surface area contributed by atoms with E-state index in [4.69, 9.17) is 14.2 Å². The molecule has 4 nitrogen and oxygen atoms in total. The van der Waals surface area contributed by atoms with Gasteiger partial charge in [0.1, 0.15) is 6.10 Å². The van der Waals surface area contributed by atoms with Crippen molar-refractivity contribution in [2.24, 2.45) is 23.7 Å². The lowest BCUT2D eigenvalue weighted by atomic mass is 9.54. The monoisotopic (exact) mass is 418 g/mol. The van der Waals surface area contributed by atoms with E-state index in [1.54, 1.807) is 6.26 Å². The molecule has 22 heavy (non-hydrogen) atoms. The van der Waals surface area contributed by atoms with Gasteiger partial charge in [-0.05, 0) is 50.4 Å². The van der Waals surface area contributed by atoms with Crippen LogP contribution in [-0.2, 0) is 19.0 Å². The summed E-state index contributed by atoms with van der Waals surface area (Å²) in [6.07, 6.45) is 8.93. The van der Waals surface area contributed by atoms with Gasteiger partial charge >= 0.3 is 5.97 Å². The zero-order valence-corrected chi connectivity index (χ0v) is 15.0. The molecule has 1 aliphatic heterocycles. The Morgan fingerprint density at radius 2 is 2.05 bits per heavy atom. The minimum Gasteiger partial charge on any atom is -0.497 e. The fourth-order valence-corrected chi connectivity index (χ4v) is 6.96. The maximum absolute atomic E-state index is 11.4. The lowest BCUT2D eigenvalue weighted by molar-refractivity contribution is -0.137. The maximum Gasteiger partial charge on any atom is 0.333 e. The standard InChI is InChI=1S/C17H23IO4/c1-2-20-13(19)7-8-21-11-5-6-12-15-10-4-3-9(14(11)15)16(18)17(10)22-12/h7-12,14-17H,2-6H2,1H3/b8-7+/t9-,10+,11+,12-,14+,15-,16-,17-/m0/s1. The van der Waals surface area contributed by atoms with Crippen molar-refractivity contribution < 1.29 is 19.0 Å². The summed E-state index contributed by atoms with van der Waals surface area (Å²) in [7, 11) is 0. The van der Waals surface area contributed by atoms with Gasteiger partial charge in [-0.1, -0.05) is 22.6 Å². The third-order valence-electron chi connectivity index (χ3n) is 6.08. The lowest BCUT2D eigenvalue weighted by Crippen LogP contribution is -2.56. The molecule has 0 aromatic rings. The first-order valence-corrected chi connectivity index (χ1v) is 9.73. The number of halogens is 1. The fourth-order valence-electron chi connectivity index (χ4n) is 5.42. The van der Waals surface area contributed by atoms with Gasteiger partial charge in [0.15, 0.2) is 0 Å². The van der Waals surface area contributed by atoms with E-state index in [-0.39, 0.29) is 12.1 Å². The van der Waals surface area contributed by atoms with Crippen LogP contribution in [0.5, 0.6) is 0 Å². The Hall–Kier alpha value is -0.300. The van der Waals surface area contributed by atoms with Gasteiger partial charge in [-0.2, -0.15) is 0 Å². The molecule has 4 bridgehead atoms. The number of hydrogen-bond acceptors (Lipinski definition) is 4. The second-order valence-electron chi connectivity index (χ2n) is 6.95. The summed E-state index contributed by atoms with van der Waals surface area (Å²) in [6, 6.07) is 0. The Bertz CT molecular complexity index is 479. The van der Waals surface area contributed by atoms with Crippen molar-refractivity contribution in [3.8, 4) is 0 Å². The first kappa shape index (κ1) is 15.2. The summed E-state index contributed by atoms with van der Waals surface area (Å²) >= 11 is 2.61. The Labute approximate surface area is 145 Å². The van der Waals surface area contributed by atoms with Gasteiger partial charge in [0.05, 0.1) is 31.2 Å². The number of carbonyl (C=O) groups excluding carboxylic acids is 1. The number of ether oxygens (including phenoxy) is 3. The summed E-state index contributed by atoms with van der Waals surface area (Å²) in [5.74, 6) is 2.42. The number of rotatable bonds is 4. The summed E-state index contributed by atoms with van der Waals surface area (Å²) < 4.78 is 17.9. The molecule has 5 aliphatic rings. The highest BCUT2D eigenvalue weighted by atomic mass is 127. The molecule has 5 heteroatoms. The molecule has 1 heterocycles. The van der Waals surface area contributed by atoms with Gasteiger partial charge in [-0.25, -0.2) is 4.79 Å². The summed E-state index contributed by atoms with van der Waals surface area (Å²) in [5, 5.41) is 0. The predicted octanol–water partition coefficient (Wildman–Crippen LogP) is 3.09. The van der Waals surface area contributed by atoms with Gasteiger partial charge in [-0.15, -0.1) is 0 Å². The Balaban J connectivity index is 1.48. The highest BCUT2D eigenvalue weighted by Gasteiger charge is 2.64. The van der Waals surface area contributed by atoms with Crippen LogP contribution < -0.4 is 0 Å². The van der Waals surface area contributed by atoms with Crippen LogP contribution >= 0.6 is 22.6 Å². The molecule has 0 unspecified atom stereocenters. The predicted molar refractivity (Wildman–Crippen MR) is 89.5 cm³/mol. The van der Waals surface area contributed by atoms with Crippen LogP contribution in [0.3, 0.4) is 0 Å². The van der Waals surface area contributed by atoms with Gasteiger partial charge in [0.2, 0.25) is 0 Å². The molecular weight excluding hydrogens is 395 g/mol. The molecule has 0 radical (unpaired) electrons. The smallest absolute Gasteiger partial charge is 0.333 e. The van der Waals surface area contributed by atoms with E-state index in [2.05, 4.69) is 22.6 Å². The van der Waals surface area contributed by atoms with Crippen LogP contribution in [0.4, 0.5) is 0 Å². The van der Waals surface area contributed by atoms with Crippen molar-refractivity contribution in [3.05, 3.63) is 12.3 Å². The molecule has 0 amide bonds. The van der Waals surface area contributed by atoms with E-state index >= 15 is 0 Å². The van der Waals surface area contributed by atoms with Crippen LogP contribution in [0, 0.1) is 23.7 Å². The van der Waals surface area contributed by atoms with E-state index in [1.807, 2.05) is 6.92 Å². The number of alkyl halides is 1. The highest BCUT2D eigenvalue weighted by molar-refractivity contribution is 14.1. The van der Waals surface area contributed by atoms with Crippen molar-refractivity contribution in [2.45, 2.75) is 54.8 Å². The number of carbonyl (C=O) groups is 1. The topological polar surface area (TPSA) is 44.8 Å². The van der Waals surface area contributed by atoms with E-state index in [0.29, 0.717) is 40.5 Å². The molecular formula is C17H23IO4. The SMILES string of the molecule is CCOC(=O)/C=C/O[C@@H]1CC[C@@H]2O[C@@H]3[C@@H](I)[C@H]4CC[C@@H]3[C@@H]2[C@H]41. The van der Waals surface area contributed by atoms with Crippen LogP contribution in [0.2, 0.25) is 0 Å². The molecule has 4 aliphatic carbocycles. The molecule has 0 aromatic heterocycles. The first-order valence-electron chi connectivity index (χ1n) is 8.49. The van der Waals surface area contributed by atoms with Crippen molar-refractivity contribution in [1.29, 1.82) is 0 Å². The number of esters is 1. The molecule has 0 N–H and O–H groups in total. The molecule has 5 fully saturated rings. The summed E-state index contributed by atoms with van der Waals surface area (Å²) in [4.78, 5) is 11.4. The summed E-state index contributed by atoms with van der Waals surface area (Å²) in [6.45, 7) is 2.21. The zero-order chi connectivity index (χ0) is 15.3. The van der Waals surface area contributed by atoms with Crippen LogP contribution in [0.15, 0.2) is 12.3 Å². The lowest BCUT2D eigenvalue weighted by Gasteiger charge is -2.53. The highest BCUT2D eigenvalue weighted by Crippen LogP contribution is 2.62. The average molecular weight is 418 g/mol. The Morgan fingerprint density at radius 1 is 1.23 bits per heavy atom. The fraction of sp³-hybridized carbons (Fsp3) is 0.824. The summed E-state index contributed by atoms with van der Waals surface area (Å²) in [5.41, 5.74) is 0. The van der Waals surface area contributed by atoms with Crippen molar-refractivity contribution in [1.82, 2.24) is 0 Å². The first-order chi connectivity index (χ1) is 10.7. The van der Waals surface area contributed by atoms with Crippen LogP contribution in [-0.4, -0.2) is 34.8 Å². The molecule has 0 aromatic carbocycles. The molecule has 122 valence electrons. The quantitative estimate of drug-likeness (QED) is 0.232. The van der Waals surface area contributed by atoms with Gasteiger partial charge < -0.3 is 14.2 Å². The number of hydrogen-bond donors (Lipinski definition) is 0. The maximum atomic E-state index is 11.4. The molecule has 0 spiro atoms. The van der Waals surface area contributed by atoms with Crippen molar-refractivity contribution in [2.75, 3.05) is 6.61 Å². The average Bonchev–Trinajstić information content (AvgIpc) is 2.87. The van der Waals surface area contributed by atoms with E-state index in [0.717, 1.165) is 18.8 Å². The third kappa shape index (κ3) is 2.30. The van der Waals surface area contributed by atoms with Crippen LogP contribution in [0.25, 0.3) is 0 Å².